The number of para-hydroxylation sites is 1. The maximum atomic E-state index is 12.3. The van der Waals surface area contributed by atoms with Crippen molar-refractivity contribution in [1.29, 1.82) is 0 Å². The largest absolute Gasteiger partial charge is 0.480 e. The SMILES string of the molecule is C/C=C/CC(NC(=O)Cc1c(C)nn(-c2ccccc2)c1C)C(=O)O. The summed E-state index contributed by atoms with van der Waals surface area (Å²) in [7, 11) is 0. The van der Waals surface area contributed by atoms with E-state index >= 15 is 0 Å². The fourth-order valence-corrected chi connectivity index (χ4v) is 2.65. The zero-order valence-electron chi connectivity index (χ0n) is 14.7. The molecule has 0 spiro atoms. The molecule has 2 aromatic rings. The standard InChI is InChI=1S/C19H23N3O3/c1-4-5-11-17(19(24)25)20-18(23)12-16-13(2)21-22(14(16)3)15-9-7-6-8-10-15/h4-10,17H,11-12H2,1-3H3,(H,20,23)(H,24,25)/b5-4+. The summed E-state index contributed by atoms with van der Waals surface area (Å²) in [6.45, 7) is 5.57. The monoisotopic (exact) mass is 341 g/mol. The van der Waals surface area contributed by atoms with Crippen LogP contribution in [0.2, 0.25) is 0 Å². The van der Waals surface area contributed by atoms with Crippen LogP contribution in [-0.2, 0) is 16.0 Å². The lowest BCUT2D eigenvalue weighted by atomic mass is 10.1. The van der Waals surface area contributed by atoms with Crippen molar-refractivity contribution >= 4 is 11.9 Å². The summed E-state index contributed by atoms with van der Waals surface area (Å²) in [6.07, 6.45) is 3.85. The summed E-state index contributed by atoms with van der Waals surface area (Å²) < 4.78 is 1.80. The zero-order valence-corrected chi connectivity index (χ0v) is 14.7. The van der Waals surface area contributed by atoms with Crippen molar-refractivity contribution in [3.63, 3.8) is 0 Å². The molecule has 6 heteroatoms. The molecule has 1 aromatic carbocycles. The number of aromatic nitrogens is 2. The van der Waals surface area contributed by atoms with E-state index in [1.54, 1.807) is 16.8 Å². The summed E-state index contributed by atoms with van der Waals surface area (Å²) >= 11 is 0. The van der Waals surface area contributed by atoms with Crippen molar-refractivity contribution in [3.05, 3.63) is 59.4 Å². The highest BCUT2D eigenvalue weighted by Crippen LogP contribution is 2.18. The Bertz CT molecular complexity index is 779. The van der Waals surface area contributed by atoms with Crippen LogP contribution in [0.15, 0.2) is 42.5 Å². The van der Waals surface area contributed by atoms with Crippen LogP contribution < -0.4 is 5.32 Å². The third-order valence-electron chi connectivity index (χ3n) is 4.02. The van der Waals surface area contributed by atoms with Crippen LogP contribution in [-0.4, -0.2) is 32.8 Å². The van der Waals surface area contributed by atoms with E-state index in [-0.39, 0.29) is 18.7 Å². The second kappa shape index (κ2) is 8.28. The number of hydrogen-bond donors (Lipinski definition) is 2. The zero-order chi connectivity index (χ0) is 18.4. The Morgan fingerprint density at radius 3 is 2.56 bits per heavy atom. The van der Waals surface area contributed by atoms with Gasteiger partial charge in [-0.05, 0) is 39.3 Å². The highest BCUT2D eigenvalue weighted by Gasteiger charge is 2.21. The molecule has 1 unspecified atom stereocenters. The average Bonchev–Trinajstić information content (AvgIpc) is 2.87. The topological polar surface area (TPSA) is 84.2 Å². The molecule has 0 aliphatic carbocycles. The Hall–Kier alpha value is -2.89. The Morgan fingerprint density at radius 2 is 1.96 bits per heavy atom. The minimum absolute atomic E-state index is 0.101. The first-order chi connectivity index (χ1) is 11.9. The van der Waals surface area contributed by atoms with E-state index in [4.69, 9.17) is 0 Å². The number of nitrogens with one attached hydrogen (secondary N) is 1. The summed E-state index contributed by atoms with van der Waals surface area (Å²) in [5.41, 5.74) is 3.37. The van der Waals surface area contributed by atoms with Gasteiger partial charge in [0, 0.05) is 11.3 Å². The van der Waals surface area contributed by atoms with Crippen molar-refractivity contribution < 1.29 is 14.7 Å². The van der Waals surface area contributed by atoms with Gasteiger partial charge in [-0.1, -0.05) is 30.4 Å². The average molecular weight is 341 g/mol. The lowest BCUT2D eigenvalue weighted by molar-refractivity contribution is -0.141. The van der Waals surface area contributed by atoms with Gasteiger partial charge < -0.3 is 10.4 Å². The number of nitrogens with zero attached hydrogens (tertiary/aromatic N) is 2. The second-order valence-corrected chi connectivity index (χ2v) is 5.84. The van der Waals surface area contributed by atoms with Crippen LogP contribution in [0.1, 0.15) is 30.3 Å². The Morgan fingerprint density at radius 1 is 1.28 bits per heavy atom. The first kappa shape index (κ1) is 18.4. The number of hydrogen-bond acceptors (Lipinski definition) is 3. The number of aliphatic carboxylic acids is 1. The number of rotatable bonds is 7. The van der Waals surface area contributed by atoms with Gasteiger partial charge in [0.15, 0.2) is 0 Å². The van der Waals surface area contributed by atoms with Gasteiger partial charge in [0.05, 0.1) is 17.8 Å². The van der Waals surface area contributed by atoms with E-state index in [0.29, 0.717) is 0 Å². The molecule has 1 atom stereocenters. The van der Waals surface area contributed by atoms with E-state index in [9.17, 15) is 14.7 Å². The maximum Gasteiger partial charge on any atom is 0.326 e. The van der Waals surface area contributed by atoms with Gasteiger partial charge in [-0.15, -0.1) is 0 Å². The molecule has 2 N–H and O–H groups in total. The van der Waals surface area contributed by atoms with Gasteiger partial charge in [0.1, 0.15) is 6.04 Å². The highest BCUT2D eigenvalue weighted by atomic mass is 16.4. The van der Waals surface area contributed by atoms with Crippen molar-refractivity contribution in [2.45, 2.75) is 39.7 Å². The Balaban J connectivity index is 2.16. The smallest absolute Gasteiger partial charge is 0.326 e. The lowest BCUT2D eigenvalue weighted by Crippen LogP contribution is -2.41. The molecule has 0 aliphatic heterocycles. The molecule has 0 bridgehead atoms. The van der Waals surface area contributed by atoms with Gasteiger partial charge in [-0.2, -0.15) is 5.10 Å². The van der Waals surface area contributed by atoms with Gasteiger partial charge in [-0.25, -0.2) is 9.48 Å². The van der Waals surface area contributed by atoms with Gasteiger partial charge in [0.2, 0.25) is 5.91 Å². The van der Waals surface area contributed by atoms with Crippen LogP contribution in [0.25, 0.3) is 5.69 Å². The van der Waals surface area contributed by atoms with E-state index in [0.717, 1.165) is 22.6 Å². The molecule has 0 saturated heterocycles. The quantitative estimate of drug-likeness (QED) is 0.758. The Labute approximate surface area is 147 Å². The molecule has 0 fully saturated rings. The Kier molecular flexibility index (Phi) is 6.11. The number of carbonyl (C=O) groups is 2. The number of carboxylic acids is 1. The van der Waals surface area contributed by atoms with Crippen LogP contribution in [0.3, 0.4) is 0 Å². The van der Waals surface area contributed by atoms with E-state index in [1.807, 2.05) is 51.1 Å². The fourth-order valence-electron chi connectivity index (χ4n) is 2.65. The van der Waals surface area contributed by atoms with Crippen molar-refractivity contribution in [2.24, 2.45) is 0 Å². The van der Waals surface area contributed by atoms with Gasteiger partial charge in [0.25, 0.3) is 0 Å². The molecule has 2 rings (SSSR count). The minimum atomic E-state index is -1.04. The molecule has 0 radical (unpaired) electrons. The third kappa shape index (κ3) is 4.56. The van der Waals surface area contributed by atoms with Gasteiger partial charge in [-0.3, -0.25) is 4.79 Å². The number of benzene rings is 1. The summed E-state index contributed by atoms with van der Waals surface area (Å²) in [5.74, 6) is -1.37. The minimum Gasteiger partial charge on any atom is -0.480 e. The molecule has 0 aliphatic rings. The van der Waals surface area contributed by atoms with Crippen LogP contribution >= 0.6 is 0 Å². The first-order valence-electron chi connectivity index (χ1n) is 8.17. The molecule has 1 aromatic heterocycles. The van der Waals surface area contributed by atoms with E-state index < -0.39 is 12.0 Å². The highest BCUT2D eigenvalue weighted by molar-refractivity contribution is 5.85. The van der Waals surface area contributed by atoms with Crippen LogP contribution in [0.5, 0.6) is 0 Å². The summed E-state index contributed by atoms with van der Waals surface area (Å²) in [5, 5.41) is 16.3. The molecule has 1 amide bonds. The molecule has 6 nitrogen and oxygen atoms in total. The van der Waals surface area contributed by atoms with Crippen molar-refractivity contribution in [2.75, 3.05) is 0 Å². The summed E-state index contributed by atoms with van der Waals surface area (Å²) in [6, 6.07) is 8.75. The molecule has 25 heavy (non-hydrogen) atoms. The predicted molar refractivity (Wildman–Crippen MR) is 95.7 cm³/mol. The molecular formula is C19H23N3O3. The summed E-state index contributed by atoms with van der Waals surface area (Å²) in [4.78, 5) is 23.6. The van der Waals surface area contributed by atoms with Crippen LogP contribution in [0.4, 0.5) is 0 Å². The molecule has 1 heterocycles. The molecular weight excluding hydrogens is 318 g/mol. The van der Waals surface area contributed by atoms with Crippen molar-refractivity contribution in [3.8, 4) is 5.69 Å². The normalized spacial score (nSPS) is 12.3. The van der Waals surface area contributed by atoms with Crippen molar-refractivity contribution in [1.82, 2.24) is 15.1 Å². The number of aryl methyl sites for hydroxylation is 1. The molecule has 132 valence electrons. The maximum absolute atomic E-state index is 12.3. The van der Waals surface area contributed by atoms with Gasteiger partial charge >= 0.3 is 5.97 Å². The molecule has 0 saturated carbocycles. The number of amides is 1. The predicted octanol–water partition coefficient (Wildman–Crippen LogP) is 2.57. The van der Waals surface area contributed by atoms with Crippen LogP contribution in [0, 0.1) is 13.8 Å². The first-order valence-corrected chi connectivity index (χ1v) is 8.17. The number of carboxylic acid groups (broad SMARTS) is 1. The fraction of sp³-hybridized carbons (Fsp3) is 0.316. The van der Waals surface area contributed by atoms with E-state index in [2.05, 4.69) is 10.4 Å². The number of allylic oxidation sites excluding steroid dienone is 1. The third-order valence-corrected chi connectivity index (χ3v) is 4.02. The lowest BCUT2D eigenvalue weighted by Gasteiger charge is -2.13. The second-order valence-electron chi connectivity index (χ2n) is 5.84. The number of carbonyl (C=O) groups excluding carboxylic acids is 1. The van der Waals surface area contributed by atoms with E-state index in [1.165, 1.54) is 0 Å².